The SMILES string of the molecule is CCc1ccc(C(N)Cc2cn3ccsc3n2)cc1. The minimum absolute atomic E-state index is 0.00973. The maximum absolute atomic E-state index is 6.26. The van der Waals surface area contributed by atoms with Crippen molar-refractivity contribution in [1.82, 2.24) is 9.38 Å². The molecule has 3 nitrogen and oxygen atoms in total. The lowest BCUT2D eigenvalue weighted by molar-refractivity contribution is 0.710. The van der Waals surface area contributed by atoms with Gasteiger partial charge in [0.2, 0.25) is 0 Å². The van der Waals surface area contributed by atoms with Gasteiger partial charge in [-0.15, -0.1) is 11.3 Å². The Kier molecular flexibility index (Phi) is 3.36. The Morgan fingerprint density at radius 3 is 2.79 bits per heavy atom. The molecule has 3 aromatic rings. The van der Waals surface area contributed by atoms with Crippen LogP contribution in [0.3, 0.4) is 0 Å². The number of benzene rings is 1. The number of nitrogens with zero attached hydrogens (tertiary/aromatic N) is 2. The van der Waals surface area contributed by atoms with E-state index in [9.17, 15) is 0 Å². The van der Waals surface area contributed by atoms with E-state index in [4.69, 9.17) is 5.73 Å². The molecule has 0 spiro atoms. The van der Waals surface area contributed by atoms with Crippen molar-refractivity contribution in [2.75, 3.05) is 0 Å². The summed E-state index contributed by atoms with van der Waals surface area (Å²) in [5.41, 5.74) is 9.84. The van der Waals surface area contributed by atoms with Gasteiger partial charge in [0.1, 0.15) is 0 Å². The van der Waals surface area contributed by atoms with E-state index in [2.05, 4.69) is 42.4 Å². The third-order valence-electron chi connectivity index (χ3n) is 3.39. The van der Waals surface area contributed by atoms with Crippen molar-refractivity contribution in [2.45, 2.75) is 25.8 Å². The normalized spacial score (nSPS) is 12.9. The molecule has 0 radical (unpaired) electrons. The number of imidazole rings is 1. The molecule has 1 atom stereocenters. The van der Waals surface area contributed by atoms with Gasteiger partial charge in [0.25, 0.3) is 0 Å². The van der Waals surface area contributed by atoms with Crippen molar-refractivity contribution in [2.24, 2.45) is 5.73 Å². The zero-order valence-electron chi connectivity index (χ0n) is 10.9. The van der Waals surface area contributed by atoms with E-state index in [-0.39, 0.29) is 6.04 Å². The van der Waals surface area contributed by atoms with E-state index in [0.717, 1.165) is 23.5 Å². The minimum Gasteiger partial charge on any atom is -0.324 e. The molecule has 0 fully saturated rings. The molecular formula is C15H17N3S. The maximum Gasteiger partial charge on any atom is 0.193 e. The Balaban J connectivity index is 1.76. The smallest absolute Gasteiger partial charge is 0.193 e. The average molecular weight is 271 g/mol. The van der Waals surface area contributed by atoms with Crippen LogP contribution in [-0.4, -0.2) is 9.38 Å². The fourth-order valence-electron chi connectivity index (χ4n) is 2.22. The van der Waals surface area contributed by atoms with Gasteiger partial charge in [-0.1, -0.05) is 31.2 Å². The molecule has 19 heavy (non-hydrogen) atoms. The van der Waals surface area contributed by atoms with Gasteiger partial charge in [0, 0.05) is 30.2 Å². The molecule has 0 aliphatic heterocycles. The van der Waals surface area contributed by atoms with Crippen LogP contribution in [0.1, 0.15) is 29.8 Å². The molecule has 0 aliphatic rings. The van der Waals surface area contributed by atoms with Crippen LogP contribution in [0, 0.1) is 0 Å². The zero-order chi connectivity index (χ0) is 13.2. The van der Waals surface area contributed by atoms with Crippen LogP contribution in [0.5, 0.6) is 0 Å². The maximum atomic E-state index is 6.26. The van der Waals surface area contributed by atoms with E-state index >= 15 is 0 Å². The molecular weight excluding hydrogens is 254 g/mol. The summed E-state index contributed by atoms with van der Waals surface area (Å²) in [6.07, 6.45) is 5.93. The van der Waals surface area contributed by atoms with E-state index in [0.29, 0.717) is 0 Å². The quantitative estimate of drug-likeness (QED) is 0.792. The summed E-state index contributed by atoms with van der Waals surface area (Å²) < 4.78 is 2.05. The second-order valence-corrected chi connectivity index (χ2v) is 5.60. The summed E-state index contributed by atoms with van der Waals surface area (Å²) in [5, 5.41) is 2.04. The molecule has 0 saturated heterocycles. The summed E-state index contributed by atoms with van der Waals surface area (Å²) >= 11 is 1.65. The van der Waals surface area contributed by atoms with Crippen molar-refractivity contribution in [3.63, 3.8) is 0 Å². The van der Waals surface area contributed by atoms with E-state index in [1.807, 2.05) is 16.0 Å². The van der Waals surface area contributed by atoms with Gasteiger partial charge >= 0.3 is 0 Å². The molecule has 2 aromatic heterocycles. The van der Waals surface area contributed by atoms with Crippen LogP contribution in [0.15, 0.2) is 42.0 Å². The number of nitrogens with two attached hydrogens (primary N) is 1. The fourth-order valence-corrected chi connectivity index (χ4v) is 2.94. The highest BCUT2D eigenvalue weighted by molar-refractivity contribution is 7.15. The van der Waals surface area contributed by atoms with Gasteiger partial charge in [-0.2, -0.15) is 0 Å². The van der Waals surface area contributed by atoms with Crippen molar-refractivity contribution in [1.29, 1.82) is 0 Å². The molecule has 1 aromatic carbocycles. The molecule has 2 heterocycles. The van der Waals surface area contributed by atoms with E-state index in [1.54, 1.807) is 11.3 Å². The third-order valence-corrected chi connectivity index (χ3v) is 4.16. The highest BCUT2D eigenvalue weighted by atomic mass is 32.1. The molecule has 3 rings (SSSR count). The lowest BCUT2D eigenvalue weighted by Crippen LogP contribution is -2.13. The molecule has 0 amide bonds. The fraction of sp³-hybridized carbons (Fsp3) is 0.267. The predicted molar refractivity (Wildman–Crippen MR) is 79.5 cm³/mol. The van der Waals surface area contributed by atoms with Crippen molar-refractivity contribution < 1.29 is 0 Å². The zero-order valence-corrected chi connectivity index (χ0v) is 11.7. The standard InChI is InChI=1S/C15H17N3S/c1-2-11-3-5-12(6-4-11)14(16)9-13-10-18-7-8-19-15(18)17-13/h3-8,10,14H,2,9,16H2,1H3. The predicted octanol–water partition coefficient (Wildman–Crippen LogP) is 3.20. The van der Waals surface area contributed by atoms with Crippen LogP contribution in [0.2, 0.25) is 0 Å². The Morgan fingerprint density at radius 2 is 2.11 bits per heavy atom. The molecule has 0 aliphatic carbocycles. The van der Waals surface area contributed by atoms with Gasteiger partial charge in [-0.25, -0.2) is 4.98 Å². The van der Waals surface area contributed by atoms with Crippen LogP contribution in [-0.2, 0) is 12.8 Å². The number of hydrogen-bond acceptors (Lipinski definition) is 3. The highest BCUT2D eigenvalue weighted by Crippen LogP contribution is 2.18. The molecule has 1 unspecified atom stereocenters. The Morgan fingerprint density at radius 1 is 1.32 bits per heavy atom. The Hall–Kier alpha value is -1.65. The average Bonchev–Trinajstić information content (AvgIpc) is 2.99. The van der Waals surface area contributed by atoms with Crippen LogP contribution < -0.4 is 5.73 Å². The van der Waals surface area contributed by atoms with Crippen molar-refractivity contribution in [3.8, 4) is 0 Å². The summed E-state index contributed by atoms with van der Waals surface area (Å²) in [4.78, 5) is 5.60. The van der Waals surface area contributed by atoms with Gasteiger partial charge in [-0.05, 0) is 17.5 Å². The second-order valence-electron chi connectivity index (χ2n) is 4.73. The first-order chi connectivity index (χ1) is 9.26. The van der Waals surface area contributed by atoms with Gasteiger partial charge in [-0.3, -0.25) is 4.40 Å². The summed E-state index contributed by atoms with van der Waals surface area (Å²) in [5.74, 6) is 0. The molecule has 2 N–H and O–H groups in total. The molecule has 0 bridgehead atoms. The topological polar surface area (TPSA) is 43.3 Å². The number of thiazole rings is 1. The van der Waals surface area contributed by atoms with Crippen LogP contribution in [0.4, 0.5) is 0 Å². The first-order valence-electron chi connectivity index (χ1n) is 6.51. The Labute approximate surface area is 116 Å². The van der Waals surface area contributed by atoms with Gasteiger partial charge in [0.15, 0.2) is 4.96 Å². The number of fused-ring (bicyclic) bond motifs is 1. The lowest BCUT2D eigenvalue weighted by atomic mass is 10.0. The van der Waals surface area contributed by atoms with Gasteiger partial charge in [0.05, 0.1) is 5.69 Å². The second kappa shape index (κ2) is 5.15. The summed E-state index contributed by atoms with van der Waals surface area (Å²) in [6, 6.07) is 8.57. The first kappa shape index (κ1) is 12.4. The number of aryl methyl sites for hydroxylation is 1. The van der Waals surface area contributed by atoms with Crippen molar-refractivity contribution >= 4 is 16.3 Å². The summed E-state index contributed by atoms with van der Waals surface area (Å²) in [7, 11) is 0. The van der Waals surface area contributed by atoms with E-state index in [1.165, 1.54) is 11.1 Å². The number of aromatic nitrogens is 2. The molecule has 4 heteroatoms. The molecule has 0 saturated carbocycles. The largest absolute Gasteiger partial charge is 0.324 e. The lowest BCUT2D eigenvalue weighted by Gasteiger charge is -2.10. The third kappa shape index (κ3) is 2.55. The van der Waals surface area contributed by atoms with Crippen LogP contribution >= 0.6 is 11.3 Å². The minimum atomic E-state index is 0.00973. The van der Waals surface area contributed by atoms with E-state index < -0.39 is 0 Å². The highest BCUT2D eigenvalue weighted by Gasteiger charge is 2.10. The molecule has 98 valence electrons. The first-order valence-corrected chi connectivity index (χ1v) is 7.39. The summed E-state index contributed by atoms with van der Waals surface area (Å²) in [6.45, 7) is 2.16. The van der Waals surface area contributed by atoms with Gasteiger partial charge < -0.3 is 5.73 Å². The van der Waals surface area contributed by atoms with Crippen LogP contribution in [0.25, 0.3) is 4.96 Å². The number of rotatable bonds is 4. The van der Waals surface area contributed by atoms with Crippen molar-refractivity contribution in [3.05, 3.63) is 58.9 Å². The monoisotopic (exact) mass is 271 g/mol. The Bertz CT molecular complexity index is 638. The number of hydrogen-bond donors (Lipinski definition) is 1.